The minimum atomic E-state index is -0.826. The van der Waals surface area contributed by atoms with Crippen molar-refractivity contribution in [2.24, 2.45) is 0 Å². The van der Waals surface area contributed by atoms with Crippen LogP contribution in [-0.2, 0) is 20.8 Å². The summed E-state index contributed by atoms with van der Waals surface area (Å²) in [5, 5.41) is 0. The zero-order chi connectivity index (χ0) is 13.5. The van der Waals surface area contributed by atoms with E-state index in [1.807, 2.05) is 12.2 Å². The van der Waals surface area contributed by atoms with Crippen LogP contribution in [0.25, 0.3) is 0 Å². The molecule has 0 amide bonds. The third-order valence-electron chi connectivity index (χ3n) is 2.40. The number of unbranched alkanes of at least 4 members (excludes halogenated alkanes) is 2. The summed E-state index contributed by atoms with van der Waals surface area (Å²) in [6.07, 6.45) is 24.0. The summed E-state index contributed by atoms with van der Waals surface area (Å²) in [5.41, 5.74) is 1.42. The first kappa shape index (κ1) is 18.4. The van der Waals surface area contributed by atoms with Crippen molar-refractivity contribution < 1.29 is 20.8 Å². The quantitative estimate of drug-likeness (QED) is 0.429. The van der Waals surface area contributed by atoms with Crippen LogP contribution in [0.15, 0.2) is 36.0 Å². The second-order valence-corrected chi connectivity index (χ2v) is 7.57. The van der Waals surface area contributed by atoms with E-state index >= 15 is 0 Å². The predicted octanol–water partition coefficient (Wildman–Crippen LogP) is 5.94. The normalized spacial score (nSPS) is 14.3. The summed E-state index contributed by atoms with van der Waals surface area (Å²) in [7, 11) is 9.87. The molecule has 2 rings (SSSR count). The van der Waals surface area contributed by atoms with Gasteiger partial charge in [0.05, 0.1) is 0 Å². The van der Waals surface area contributed by atoms with E-state index < -0.39 is 20.8 Å². The Morgan fingerprint density at radius 3 is 2.39 bits per heavy atom. The van der Waals surface area contributed by atoms with Crippen LogP contribution in [0.1, 0.15) is 45.4 Å². The molecule has 98 valence electrons. The molecule has 18 heavy (non-hydrogen) atoms. The Morgan fingerprint density at radius 1 is 1.22 bits per heavy atom. The zero-order valence-electron chi connectivity index (χ0n) is 10.9. The summed E-state index contributed by atoms with van der Waals surface area (Å²) in [5.74, 6) is 0. The SMILES string of the molecule is CCCCCC1=[C-]CC=C1.[C-]1=CC=CC1.[Cl][Zr+2][Cl]. The van der Waals surface area contributed by atoms with E-state index in [0.29, 0.717) is 0 Å². The van der Waals surface area contributed by atoms with Crippen LogP contribution in [0.2, 0.25) is 0 Å². The van der Waals surface area contributed by atoms with Gasteiger partial charge in [0.2, 0.25) is 0 Å². The summed E-state index contributed by atoms with van der Waals surface area (Å²) in [6.45, 7) is 2.24. The molecule has 0 nitrogen and oxygen atoms in total. The maximum atomic E-state index is 4.93. The molecule has 0 saturated heterocycles. The molecule has 2 aliphatic rings. The molecule has 0 aromatic carbocycles. The van der Waals surface area contributed by atoms with Crippen LogP contribution in [0, 0.1) is 12.2 Å². The molecular formula is C15H20Cl2Zr. The van der Waals surface area contributed by atoms with Crippen molar-refractivity contribution in [2.75, 3.05) is 0 Å². The van der Waals surface area contributed by atoms with Gasteiger partial charge in [-0.3, -0.25) is 12.2 Å². The third kappa shape index (κ3) is 12.9. The van der Waals surface area contributed by atoms with Gasteiger partial charge >= 0.3 is 37.9 Å². The Hall–Kier alpha value is 0.423. The van der Waals surface area contributed by atoms with Gasteiger partial charge in [0.25, 0.3) is 0 Å². The third-order valence-corrected chi connectivity index (χ3v) is 2.40. The van der Waals surface area contributed by atoms with Crippen molar-refractivity contribution in [3.8, 4) is 0 Å². The molecule has 0 bridgehead atoms. The molecule has 0 aromatic heterocycles. The van der Waals surface area contributed by atoms with Crippen molar-refractivity contribution >= 4 is 17.0 Å². The van der Waals surface area contributed by atoms with Gasteiger partial charge in [-0.15, -0.1) is 12.8 Å². The van der Waals surface area contributed by atoms with Crippen molar-refractivity contribution in [2.45, 2.75) is 45.4 Å². The van der Waals surface area contributed by atoms with Gasteiger partial charge in [0.1, 0.15) is 0 Å². The van der Waals surface area contributed by atoms with E-state index in [0.717, 1.165) is 12.8 Å². The van der Waals surface area contributed by atoms with E-state index in [9.17, 15) is 0 Å². The van der Waals surface area contributed by atoms with Gasteiger partial charge in [-0.2, -0.15) is 12.2 Å². The van der Waals surface area contributed by atoms with Gasteiger partial charge in [-0.1, -0.05) is 32.6 Å². The van der Waals surface area contributed by atoms with Crippen LogP contribution in [0.3, 0.4) is 0 Å². The van der Waals surface area contributed by atoms with E-state index in [1.165, 1.54) is 31.3 Å². The van der Waals surface area contributed by atoms with Crippen LogP contribution >= 0.6 is 17.0 Å². The topological polar surface area (TPSA) is 0 Å². The summed E-state index contributed by atoms with van der Waals surface area (Å²) in [6, 6.07) is 0. The molecule has 0 saturated carbocycles. The molecule has 0 radical (unpaired) electrons. The van der Waals surface area contributed by atoms with Crippen LogP contribution in [0.4, 0.5) is 0 Å². The number of hydrogen-bond donors (Lipinski definition) is 0. The van der Waals surface area contributed by atoms with Gasteiger partial charge < -0.3 is 0 Å². The van der Waals surface area contributed by atoms with Crippen LogP contribution < -0.4 is 0 Å². The number of hydrogen-bond acceptors (Lipinski definition) is 0. The molecule has 0 fully saturated rings. The van der Waals surface area contributed by atoms with Gasteiger partial charge in [-0.05, 0) is 0 Å². The number of rotatable bonds is 4. The monoisotopic (exact) mass is 360 g/mol. The predicted molar refractivity (Wildman–Crippen MR) is 77.9 cm³/mol. The Bertz CT molecular complexity index is 281. The fourth-order valence-electron chi connectivity index (χ4n) is 1.53. The van der Waals surface area contributed by atoms with Crippen molar-refractivity contribution in [3.63, 3.8) is 0 Å². The first-order chi connectivity index (χ1) is 8.85. The fourth-order valence-corrected chi connectivity index (χ4v) is 1.53. The van der Waals surface area contributed by atoms with E-state index in [2.05, 4.69) is 37.3 Å². The Kier molecular flexibility index (Phi) is 15.8. The van der Waals surface area contributed by atoms with Crippen molar-refractivity contribution in [3.05, 3.63) is 48.1 Å². The fraction of sp³-hybridized carbons (Fsp3) is 0.467. The molecule has 0 N–H and O–H groups in total. The summed E-state index contributed by atoms with van der Waals surface area (Å²) >= 11 is -0.826. The standard InChI is InChI=1S/C10H15.C5H5.2ClH.Zr/c1-2-3-4-7-10-8-5-6-9-10;1-2-4-5-3-1;;;/h5,8H,2-4,6-7H2,1H3;1-3H,4H2;2*1H;/q2*-1;;;+4/p-2. The average molecular weight is 362 g/mol. The van der Waals surface area contributed by atoms with E-state index in [-0.39, 0.29) is 0 Å². The summed E-state index contributed by atoms with van der Waals surface area (Å²) < 4.78 is 0. The summed E-state index contributed by atoms with van der Waals surface area (Å²) in [4.78, 5) is 0. The first-order valence-corrected chi connectivity index (χ1v) is 12.6. The van der Waals surface area contributed by atoms with E-state index in [4.69, 9.17) is 17.0 Å². The average Bonchev–Trinajstić information content (AvgIpc) is 3.07. The van der Waals surface area contributed by atoms with E-state index in [1.54, 1.807) is 0 Å². The Morgan fingerprint density at radius 2 is 2.00 bits per heavy atom. The van der Waals surface area contributed by atoms with Crippen LogP contribution in [0.5, 0.6) is 0 Å². The number of allylic oxidation sites excluding steroid dienone is 8. The molecule has 3 heteroatoms. The molecule has 0 aliphatic heterocycles. The molecule has 0 atom stereocenters. The van der Waals surface area contributed by atoms with Gasteiger partial charge in [0.15, 0.2) is 0 Å². The molecule has 0 spiro atoms. The molecule has 0 aromatic rings. The minimum absolute atomic E-state index is 0.826. The Balaban J connectivity index is 0.000000301. The number of halogens is 2. The zero-order valence-corrected chi connectivity index (χ0v) is 14.9. The van der Waals surface area contributed by atoms with Crippen molar-refractivity contribution in [1.82, 2.24) is 0 Å². The maximum absolute atomic E-state index is 4.93. The molecule has 2 aliphatic carbocycles. The second kappa shape index (κ2) is 15.5. The van der Waals surface area contributed by atoms with Crippen LogP contribution in [-0.4, -0.2) is 0 Å². The molecule has 0 unspecified atom stereocenters. The van der Waals surface area contributed by atoms with Gasteiger partial charge in [-0.25, -0.2) is 23.8 Å². The second-order valence-electron chi connectivity index (χ2n) is 3.84. The van der Waals surface area contributed by atoms with Crippen molar-refractivity contribution in [1.29, 1.82) is 0 Å². The molecule has 0 heterocycles. The first-order valence-electron chi connectivity index (χ1n) is 6.29. The van der Waals surface area contributed by atoms with Gasteiger partial charge in [0, 0.05) is 0 Å². The Labute approximate surface area is 130 Å². The molecular weight excluding hydrogens is 342 g/mol.